The van der Waals surface area contributed by atoms with Crippen LogP contribution in [0.25, 0.3) is 0 Å². The topological polar surface area (TPSA) is 69.4 Å². The first-order chi connectivity index (χ1) is 8.54. The number of halogens is 1. The van der Waals surface area contributed by atoms with Gasteiger partial charge in [0, 0.05) is 6.07 Å². The number of nitrogens with zero attached hydrogens (tertiary/aromatic N) is 1. The van der Waals surface area contributed by atoms with Gasteiger partial charge in [-0.1, -0.05) is 11.8 Å². The predicted octanol–water partition coefficient (Wildman–Crippen LogP) is 2.04. The summed E-state index contributed by atoms with van der Waals surface area (Å²) < 4.78 is 17.6. The molecule has 1 aromatic rings. The third-order valence-electron chi connectivity index (χ3n) is 1.92. The number of nitro benzene ring substituents is 1. The first kappa shape index (κ1) is 13.6. The molecule has 94 valence electrons. The van der Waals surface area contributed by atoms with Crippen molar-refractivity contribution in [3.8, 4) is 11.8 Å². The van der Waals surface area contributed by atoms with E-state index in [0.717, 1.165) is 18.2 Å². The quantitative estimate of drug-likeness (QED) is 0.357. The van der Waals surface area contributed by atoms with Crippen LogP contribution in [0.3, 0.4) is 0 Å². The number of esters is 1. The molecule has 0 N–H and O–H groups in total. The van der Waals surface area contributed by atoms with E-state index in [0.29, 0.717) is 0 Å². The van der Waals surface area contributed by atoms with Crippen molar-refractivity contribution in [3.05, 3.63) is 39.7 Å². The van der Waals surface area contributed by atoms with Crippen molar-refractivity contribution in [3.63, 3.8) is 0 Å². The molecule has 0 aliphatic carbocycles. The minimum Gasteiger partial charge on any atom is -0.465 e. The molecule has 0 spiro atoms. The Balaban J connectivity index is 2.90. The Morgan fingerprint density at radius 1 is 1.56 bits per heavy atom. The molecular formula is C12H10FNO4. The number of hydrogen-bond donors (Lipinski definition) is 0. The maximum absolute atomic E-state index is 12.9. The van der Waals surface area contributed by atoms with Crippen molar-refractivity contribution < 1.29 is 18.8 Å². The Morgan fingerprint density at radius 2 is 2.28 bits per heavy atom. The summed E-state index contributed by atoms with van der Waals surface area (Å²) in [6, 6.07) is 2.97. The Hall–Kier alpha value is -2.42. The molecule has 0 radical (unpaired) electrons. The lowest BCUT2D eigenvalue weighted by Gasteiger charge is -1.96. The smallest absolute Gasteiger partial charge is 0.317 e. The van der Waals surface area contributed by atoms with E-state index in [-0.39, 0.29) is 24.3 Å². The molecule has 0 aliphatic rings. The zero-order chi connectivity index (χ0) is 13.5. The van der Waals surface area contributed by atoms with Crippen molar-refractivity contribution in [2.24, 2.45) is 0 Å². The second-order valence-electron chi connectivity index (χ2n) is 3.20. The Labute approximate surface area is 103 Å². The summed E-state index contributed by atoms with van der Waals surface area (Å²) in [5, 5.41) is 10.7. The van der Waals surface area contributed by atoms with E-state index < -0.39 is 16.7 Å². The standard InChI is InChI=1S/C12H10FNO4/c1-2-18-12(15)5-3-4-9-8-10(13)6-7-11(9)14(16)17/h6-8H,2,5H2,1H3. The monoisotopic (exact) mass is 251 g/mol. The average Bonchev–Trinajstić information content (AvgIpc) is 2.29. The van der Waals surface area contributed by atoms with Gasteiger partial charge in [-0.25, -0.2) is 4.39 Å². The number of carbonyl (C=O) groups excluding carboxylic acids is 1. The van der Waals surface area contributed by atoms with Crippen LogP contribution in [0.2, 0.25) is 0 Å². The molecule has 0 atom stereocenters. The Morgan fingerprint density at radius 3 is 2.89 bits per heavy atom. The van der Waals surface area contributed by atoms with E-state index in [9.17, 15) is 19.3 Å². The lowest BCUT2D eigenvalue weighted by molar-refractivity contribution is -0.385. The Bertz CT molecular complexity index is 531. The summed E-state index contributed by atoms with van der Waals surface area (Å²) >= 11 is 0. The maximum atomic E-state index is 12.9. The highest BCUT2D eigenvalue weighted by atomic mass is 19.1. The summed E-state index contributed by atoms with van der Waals surface area (Å²) in [6.07, 6.45) is -0.193. The van der Waals surface area contributed by atoms with Crippen molar-refractivity contribution in [1.82, 2.24) is 0 Å². The van der Waals surface area contributed by atoms with Crippen LogP contribution in [0.5, 0.6) is 0 Å². The van der Waals surface area contributed by atoms with Gasteiger partial charge in [0.1, 0.15) is 17.8 Å². The van der Waals surface area contributed by atoms with Crippen LogP contribution in [-0.4, -0.2) is 17.5 Å². The van der Waals surface area contributed by atoms with Crippen LogP contribution in [0.1, 0.15) is 18.9 Å². The van der Waals surface area contributed by atoms with Crippen LogP contribution < -0.4 is 0 Å². The third-order valence-corrected chi connectivity index (χ3v) is 1.92. The van der Waals surface area contributed by atoms with Crippen LogP contribution in [0.15, 0.2) is 18.2 Å². The van der Waals surface area contributed by atoms with Crippen LogP contribution in [-0.2, 0) is 9.53 Å². The highest BCUT2D eigenvalue weighted by Gasteiger charge is 2.12. The van der Waals surface area contributed by atoms with Crippen LogP contribution in [0, 0.1) is 27.8 Å². The van der Waals surface area contributed by atoms with Gasteiger partial charge in [-0.15, -0.1) is 0 Å². The molecule has 1 aromatic carbocycles. The maximum Gasteiger partial charge on any atom is 0.317 e. The number of nitro groups is 1. The van der Waals surface area contributed by atoms with Crippen molar-refractivity contribution in [2.45, 2.75) is 13.3 Å². The van der Waals surface area contributed by atoms with E-state index in [1.54, 1.807) is 6.92 Å². The molecule has 0 bridgehead atoms. The van der Waals surface area contributed by atoms with Gasteiger partial charge in [-0.05, 0) is 19.1 Å². The van der Waals surface area contributed by atoms with E-state index in [4.69, 9.17) is 0 Å². The third kappa shape index (κ3) is 3.87. The first-order valence-electron chi connectivity index (χ1n) is 5.13. The zero-order valence-electron chi connectivity index (χ0n) is 9.60. The largest absolute Gasteiger partial charge is 0.465 e. The lowest BCUT2D eigenvalue weighted by atomic mass is 10.2. The van der Waals surface area contributed by atoms with E-state index in [1.165, 1.54) is 0 Å². The van der Waals surface area contributed by atoms with Gasteiger partial charge in [0.15, 0.2) is 0 Å². The average molecular weight is 251 g/mol. The summed E-state index contributed by atoms with van der Waals surface area (Å²) in [7, 11) is 0. The number of carbonyl (C=O) groups is 1. The molecular weight excluding hydrogens is 241 g/mol. The molecule has 0 unspecified atom stereocenters. The Kier molecular flexibility index (Phi) is 4.81. The molecule has 0 saturated heterocycles. The number of hydrogen-bond acceptors (Lipinski definition) is 4. The summed E-state index contributed by atoms with van der Waals surface area (Å²) in [5.41, 5.74) is -0.364. The van der Waals surface area contributed by atoms with Crippen molar-refractivity contribution in [1.29, 1.82) is 0 Å². The van der Waals surface area contributed by atoms with E-state index in [2.05, 4.69) is 16.6 Å². The van der Waals surface area contributed by atoms with Crippen molar-refractivity contribution in [2.75, 3.05) is 6.61 Å². The SMILES string of the molecule is CCOC(=O)CC#Cc1cc(F)ccc1[N+](=O)[O-]. The van der Waals surface area contributed by atoms with Gasteiger partial charge in [-0.3, -0.25) is 14.9 Å². The fraction of sp³-hybridized carbons (Fsp3) is 0.250. The molecule has 18 heavy (non-hydrogen) atoms. The molecule has 0 amide bonds. The van der Waals surface area contributed by atoms with Gasteiger partial charge in [0.05, 0.1) is 11.5 Å². The molecule has 0 fully saturated rings. The molecule has 0 aliphatic heterocycles. The summed E-state index contributed by atoms with van der Waals surface area (Å²) in [4.78, 5) is 21.0. The summed E-state index contributed by atoms with van der Waals surface area (Å²) in [5.74, 6) is 3.66. The number of benzene rings is 1. The van der Waals surface area contributed by atoms with Gasteiger partial charge in [0.2, 0.25) is 0 Å². The summed E-state index contributed by atoms with van der Waals surface area (Å²) in [6.45, 7) is 1.89. The van der Waals surface area contributed by atoms with Gasteiger partial charge >= 0.3 is 5.97 Å². The fourth-order valence-corrected chi connectivity index (χ4v) is 1.19. The van der Waals surface area contributed by atoms with Gasteiger partial charge in [0.25, 0.3) is 5.69 Å². The number of rotatable bonds is 3. The molecule has 0 saturated carbocycles. The second kappa shape index (κ2) is 6.35. The van der Waals surface area contributed by atoms with Crippen LogP contribution in [0.4, 0.5) is 10.1 Å². The lowest BCUT2D eigenvalue weighted by Crippen LogP contribution is -2.01. The van der Waals surface area contributed by atoms with Gasteiger partial charge in [-0.2, -0.15) is 0 Å². The highest BCUT2D eigenvalue weighted by molar-refractivity contribution is 5.72. The first-order valence-corrected chi connectivity index (χ1v) is 5.13. The molecule has 1 rings (SSSR count). The molecule has 5 nitrogen and oxygen atoms in total. The molecule has 0 heterocycles. The number of ether oxygens (including phenoxy) is 1. The van der Waals surface area contributed by atoms with E-state index >= 15 is 0 Å². The fourth-order valence-electron chi connectivity index (χ4n) is 1.19. The minimum absolute atomic E-state index is 0.0655. The normalized spacial score (nSPS) is 9.22. The zero-order valence-corrected chi connectivity index (χ0v) is 9.60. The highest BCUT2D eigenvalue weighted by Crippen LogP contribution is 2.18. The minimum atomic E-state index is -0.659. The molecule has 6 heteroatoms. The van der Waals surface area contributed by atoms with Crippen LogP contribution >= 0.6 is 0 Å². The van der Waals surface area contributed by atoms with E-state index in [1.807, 2.05) is 0 Å². The second-order valence-corrected chi connectivity index (χ2v) is 3.20. The van der Waals surface area contributed by atoms with Crippen molar-refractivity contribution >= 4 is 11.7 Å². The van der Waals surface area contributed by atoms with Gasteiger partial charge < -0.3 is 4.74 Å². The molecule has 0 aromatic heterocycles. The predicted molar refractivity (Wildman–Crippen MR) is 61.2 cm³/mol.